The molecule has 156 valence electrons. The van der Waals surface area contributed by atoms with Gasteiger partial charge in [0.05, 0.1) is 17.2 Å². The normalized spacial score (nSPS) is 10.9. The number of thiazole rings is 1. The molecule has 0 unspecified atom stereocenters. The number of carbonyl (C=O) groups is 1. The van der Waals surface area contributed by atoms with Gasteiger partial charge in [0, 0.05) is 23.1 Å². The molecular formula is C22H20F2N2O3S. The quantitative estimate of drug-likeness (QED) is 0.401. The number of para-hydroxylation sites is 1. The molecule has 3 aromatic rings. The number of rotatable bonds is 9. The van der Waals surface area contributed by atoms with Crippen LogP contribution >= 0.6 is 11.3 Å². The van der Waals surface area contributed by atoms with Crippen LogP contribution in [0.25, 0.3) is 6.08 Å². The zero-order chi connectivity index (χ0) is 21.3. The van der Waals surface area contributed by atoms with Gasteiger partial charge in [0.25, 0.3) is 0 Å². The average Bonchev–Trinajstić information content (AvgIpc) is 3.16. The number of benzene rings is 2. The topological polar surface area (TPSA) is 60.5 Å². The molecule has 0 saturated carbocycles. The highest BCUT2D eigenvalue weighted by Crippen LogP contribution is 2.21. The number of carbonyl (C=O) groups excluding carboxylic acids is 1. The fourth-order valence-electron chi connectivity index (χ4n) is 2.51. The van der Waals surface area contributed by atoms with Crippen LogP contribution in [0.4, 0.5) is 8.78 Å². The molecule has 0 aliphatic heterocycles. The number of hydrogen-bond donors (Lipinski definition) is 1. The zero-order valence-corrected chi connectivity index (χ0v) is 17.0. The van der Waals surface area contributed by atoms with E-state index in [1.54, 1.807) is 17.4 Å². The predicted molar refractivity (Wildman–Crippen MR) is 112 cm³/mol. The molecular weight excluding hydrogens is 410 g/mol. The Hall–Kier alpha value is -3.26. The fourth-order valence-corrected chi connectivity index (χ4v) is 3.11. The van der Waals surface area contributed by atoms with Crippen LogP contribution in [0.15, 0.2) is 53.9 Å². The molecule has 5 nitrogen and oxygen atoms in total. The van der Waals surface area contributed by atoms with Gasteiger partial charge < -0.3 is 14.8 Å². The number of amides is 1. The van der Waals surface area contributed by atoms with Crippen LogP contribution in [0.3, 0.4) is 0 Å². The highest BCUT2D eigenvalue weighted by atomic mass is 32.1. The van der Waals surface area contributed by atoms with Crippen LogP contribution in [0, 0.1) is 18.6 Å². The van der Waals surface area contributed by atoms with Crippen LogP contribution in [0.1, 0.15) is 16.3 Å². The van der Waals surface area contributed by atoms with Gasteiger partial charge in [-0.15, -0.1) is 11.3 Å². The van der Waals surface area contributed by atoms with E-state index in [4.69, 9.17) is 9.47 Å². The molecule has 3 rings (SSSR count). The van der Waals surface area contributed by atoms with Crippen molar-refractivity contribution in [3.63, 3.8) is 0 Å². The first-order chi connectivity index (χ1) is 14.5. The van der Waals surface area contributed by atoms with Gasteiger partial charge in [0.1, 0.15) is 24.7 Å². The van der Waals surface area contributed by atoms with Crippen molar-refractivity contribution < 1.29 is 23.0 Å². The SMILES string of the molecule is Cc1nc(COc2ccccc2C=CC(=O)NCCOc2ccc(F)c(F)c2)cs1. The summed E-state index contributed by atoms with van der Waals surface area (Å²) in [4.78, 5) is 16.4. The second-order valence-corrected chi connectivity index (χ2v) is 7.30. The van der Waals surface area contributed by atoms with Crippen molar-refractivity contribution in [3.05, 3.63) is 81.8 Å². The lowest BCUT2D eigenvalue weighted by Gasteiger charge is -2.08. The Morgan fingerprint density at radius 3 is 2.77 bits per heavy atom. The van der Waals surface area contributed by atoms with Crippen molar-refractivity contribution in [2.24, 2.45) is 0 Å². The Morgan fingerprint density at radius 2 is 2.00 bits per heavy atom. The van der Waals surface area contributed by atoms with Crippen molar-refractivity contribution in [2.45, 2.75) is 13.5 Å². The van der Waals surface area contributed by atoms with E-state index < -0.39 is 11.6 Å². The smallest absolute Gasteiger partial charge is 0.244 e. The minimum atomic E-state index is -0.981. The van der Waals surface area contributed by atoms with E-state index in [-0.39, 0.29) is 24.8 Å². The third-order valence-corrected chi connectivity index (χ3v) is 4.76. The molecule has 1 aromatic heterocycles. The number of nitrogens with one attached hydrogen (secondary N) is 1. The first-order valence-corrected chi connectivity index (χ1v) is 10.1. The number of aromatic nitrogens is 1. The van der Waals surface area contributed by atoms with Crippen molar-refractivity contribution in [1.82, 2.24) is 10.3 Å². The maximum atomic E-state index is 13.1. The van der Waals surface area contributed by atoms with E-state index in [0.717, 1.165) is 28.4 Å². The van der Waals surface area contributed by atoms with Crippen LogP contribution in [0.2, 0.25) is 0 Å². The molecule has 0 atom stereocenters. The van der Waals surface area contributed by atoms with Gasteiger partial charge in [-0.25, -0.2) is 13.8 Å². The summed E-state index contributed by atoms with van der Waals surface area (Å²) < 4.78 is 37.1. The first-order valence-electron chi connectivity index (χ1n) is 9.18. The Bertz CT molecular complexity index is 1040. The molecule has 2 aromatic carbocycles. The van der Waals surface area contributed by atoms with Crippen LogP contribution in [-0.4, -0.2) is 24.0 Å². The maximum absolute atomic E-state index is 13.1. The summed E-state index contributed by atoms with van der Waals surface area (Å²) in [7, 11) is 0. The standard InChI is InChI=1S/C22H20F2N2O3S/c1-15-26-17(14-30-15)13-29-21-5-3-2-4-16(21)6-9-22(27)25-10-11-28-18-7-8-19(23)20(24)12-18/h2-9,12,14H,10-11,13H2,1H3,(H,25,27). The minimum Gasteiger partial charge on any atom is -0.492 e. The van der Waals surface area contributed by atoms with Gasteiger partial charge in [-0.05, 0) is 31.2 Å². The van der Waals surface area contributed by atoms with Crippen molar-refractivity contribution >= 4 is 23.3 Å². The number of nitrogens with zero attached hydrogens (tertiary/aromatic N) is 1. The molecule has 0 saturated heterocycles. The molecule has 0 radical (unpaired) electrons. The van der Waals surface area contributed by atoms with Crippen molar-refractivity contribution in [3.8, 4) is 11.5 Å². The average molecular weight is 430 g/mol. The predicted octanol–water partition coefficient (Wildman–Crippen LogP) is 4.52. The Kier molecular flexibility index (Phi) is 7.51. The van der Waals surface area contributed by atoms with Crippen LogP contribution in [0.5, 0.6) is 11.5 Å². The van der Waals surface area contributed by atoms with Gasteiger partial charge in [0.15, 0.2) is 11.6 Å². The van der Waals surface area contributed by atoms with E-state index in [1.807, 2.05) is 36.6 Å². The summed E-state index contributed by atoms with van der Waals surface area (Å²) in [5.41, 5.74) is 1.62. The summed E-state index contributed by atoms with van der Waals surface area (Å²) in [6.07, 6.45) is 3.06. The van der Waals surface area contributed by atoms with E-state index in [1.165, 1.54) is 12.1 Å². The minimum absolute atomic E-state index is 0.122. The summed E-state index contributed by atoms with van der Waals surface area (Å²) in [6.45, 7) is 2.62. The third-order valence-electron chi connectivity index (χ3n) is 3.94. The Labute approximate surface area is 177 Å². The Morgan fingerprint density at radius 1 is 1.17 bits per heavy atom. The maximum Gasteiger partial charge on any atom is 0.244 e. The van der Waals surface area contributed by atoms with Crippen LogP contribution < -0.4 is 14.8 Å². The highest BCUT2D eigenvalue weighted by molar-refractivity contribution is 7.09. The number of ether oxygens (including phenoxy) is 2. The second kappa shape index (κ2) is 10.5. The molecule has 0 bridgehead atoms. The molecule has 1 N–H and O–H groups in total. The van der Waals surface area contributed by atoms with Gasteiger partial charge in [-0.1, -0.05) is 18.2 Å². The second-order valence-electron chi connectivity index (χ2n) is 6.23. The fraction of sp³-hybridized carbons (Fsp3) is 0.182. The summed E-state index contributed by atoms with van der Waals surface area (Å²) in [5.74, 6) is -1.39. The van der Waals surface area contributed by atoms with Gasteiger partial charge >= 0.3 is 0 Å². The van der Waals surface area contributed by atoms with Crippen molar-refractivity contribution in [1.29, 1.82) is 0 Å². The van der Waals surface area contributed by atoms with Gasteiger partial charge in [-0.2, -0.15) is 0 Å². The first kappa shape index (κ1) is 21.4. The Balaban J connectivity index is 1.46. The largest absolute Gasteiger partial charge is 0.492 e. The number of aryl methyl sites for hydroxylation is 1. The molecule has 0 fully saturated rings. The molecule has 0 aliphatic rings. The van der Waals surface area contributed by atoms with E-state index >= 15 is 0 Å². The van der Waals surface area contributed by atoms with E-state index in [0.29, 0.717) is 12.4 Å². The summed E-state index contributed by atoms with van der Waals surface area (Å²) in [6, 6.07) is 10.7. The number of hydrogen-bond acceptors (Lipinski definition) is 5. The lowest BCUT2D eigenvalue weighted by atomic mass is 10.2. The molecule has 8 heteroatoms. The van der Waals surface area contributed by atoms with Gasteiger partial charge in [-0.3, -0.25) is 4.79 Å². The molecule has 1 heterocycles. The number of halogens is 2. The lowest BCUT2D eigenvalue weighted by Crippen LogP contribution is -2.26. The summed E-state index contributed by atoms with van der Waals surface area (Å²) >= 11 is 1.56. The lowest BCUT2D eigenvalue weighted by molar-refractivity contribution is -0.116. The molecule has 0 spiro atoms. The zero-order valence-electron chi connectivity index (χ0n) is 16.2. The third kappa shape index (κ3) is 6.38. The summed E-state index contributed by atoms with van der Waals surface area (Å²) in [5, 5.41) is 5.59. The van der Waals surface area contributed by atoms with Gasteiger partial charge in [0.2, 0.25) is 5.91 Å². The van der Waals surface area contributed by atoms with E-state index in [2.05, 4.69) is 10.3 Å². The monoisotopic (exact) mass is 430 g/mol. The van der Waals surface area contributed by atoms with Crippen molar-refractivity contribution in [2.75, 3.05) is 13.2 Å². The molecule has 0 aliphatic carbocycles. The molecule has 30 heavy (non-hydrogen) atoms. The highest BCUT2D eigenvalue weighted by Gasteiger charge is 2.05. The van der Waals surface area contributed by atoms with Crippen LogP contribution in [-0.2, 0) is 11.4 Å². The molecule has 1 amide bonds. The van der Waals surface area contributed by atoms with E-state index in [9.17, 15) is 13.6 Å².